The second kappa shape index (κ2) is 5.40. The fraction of sp³-hybridized carbons (Fsp3) is 0.0909. The lowest BCUT2D eigenvalue weighted by Crippen LogP contribution is -2.29. The molecule has 1 aromatic carbocycles. The molecule has 2 rings (SSSR count). The third-order valence-corrected chi connectivity index (χ3v) is 4.25. The van der Waals surface area contributed by atoms with Crippen molar-refractivity contribution in [1.29, 1.82) is 0 Å². The summed E-state index contributed by atoms with van der Waals surface area (Å²) in [6.07, 6.45) is 0. The monoisotopic (exact) mass is 336 g/mol. The average molecular weight is 337 g/mol. The Bertz CT molecular complexity index is 573. The lowest BCUT2D eigenvalue weighted by atomic mass is 10.0. The summed E-state index contributed by atoms with van der Waals surface area (Å²) in [5, 5.41) is 3.53. The summed E-state index contributed by atoms with van der Waals surface area (Å²) in [6.45, 7) is 0. The van der Waals surface area contributed by atoms with Crippen LogP contribution in [0.25, 0.3) is 0 Å². The minimum Gasteiger partial charge on any atom is -0.271 e. The highest BCUT2D eigenvalue weighted by atomic mass is 79.9. The molecule has 7 heteroatoms. The van der Waals surface area contributed by atoms with Gasteiger partial charge in [0.15, 0.2) is 17.5 Å². The molecule has 1 atom stereocenters. The van der Waals surface area contributed by atoms with E-state index >= 15 is 0 Å². The van der Waals surface area contributed by atoms with Crippen molar-refractivity contribution in [2.24, 2.45) is 5.84 Å². The van der Waals surface area contributed by atoms with Crippen LogP contribution in [0.5, 0.6) is 0 Å². The molecule has 2 nitrogen and oxygen atoms in total. The van der Waals surface area contributed by atoms with Crippen LogP contribution in [-0.2, 0) is 0 Å². The van der Waals surface area contributed by atoms with Gasteiger partial charge in [0, 0.05) is 15.4 Å². The zero-order chi connectivity index (χ0) is 13.3. The minimum atomic E-state index is -1.50. The van der Waals surface area contributed by atoms with Crippen molar-refractivity contribution < 1.29 is 13.2 Å². The molecule has 18 heavy (non-hydrogen) atoms. The van der Waals surface area contributed by atoms with Gasteiger partial charge in [-0.2, -0.15) is 11.3 Å². The summed E-state index contributed by atoms with van der Waals surface area (Å²) in [4.78, 5) is 0. The number of hydrogen-bond acceptors (Lipinski definition) is 3. The standard InChI is InChI=1S/C11H8BrF3N2S/c12-7-4-18-3-6(7)11(17-16)5-1-2-8(13)10(15)9(5)14/h1-4,11,17H,16H2. The Kier molecular flexibility index (Phi) is 4.06. The van der Waals surface area contributed by atoms with Gasteiger partial charge in [-0.15, -0.1) is 0 Å². The molecule has 1 aromatic heterocycles. The van der Waals surface area contributed by atoms with Crippen molar-refractivity contribution in [3.63, 3.8) is 0 Å². The topological polar surface area (TPSA) is 38.0 Å². The van der Waals surface area contributed by atoms with Crippen LogP contribution in [-0.4, -0.2) is 0 Å². The van der Waals surface area contributed by atoms with Gasteiger partial charge in [0.2, 0.25) is 0 Å². The van der Waals surface area contributed by atoms with E-state index in [4.69, 9.17) is 5.84 Å². The predicted octanol–water partition coefficient (Wildman–Crippen LogP) is 3.48. The summed E-state index contributed by atoms with van der Waals surface area (Å²) < 4.78 is 40.5. The van der Waals surface area contributed by atoms with Gasteiger partial charge in [-0.1, -0.05) is 6.07 Å². The first-order chi connectivity index (χ1) is 8.56. The second-order valence-electron chi connectivity index (χ2n) is 3.54. The third kappa shape index (κ3) is 2.31. The van der Waals surface area contributed by atoms with Gasteiger partial charge in [0.25, 0.3) is 0 Å². The number of nitrogens with one attached hydrogen (secondary N) is 1. The molecule has 0 aliphatic rings. The van der Waals surface area contributed by atoms with E-state index in [0.717, 1.165) is 10.5 Å². The van der Waals surface area contributed by atoms with Crippen molar-refractivity contribution in [3.05, 3.63) is 55.9 Å². The number of thiophene rings is 1. The third-order valence-electron chi connectivity index (χ3n) is 2.50. The highest BCUT2D eigenvalue weighted by Gasteiger charge is 2.23. The molecule has 0 radical (unpaired) electrons. The maximum absolute atomic E-state index is 13.7. The number of hydrogen-bond donors (Lipinski definition) is 2. The molecule has 0 spiro atoms. The molecule has 1 unspecified atom stereocenters. The fourth-order valence-corrected chi connectivity index (χ4v) is 3.16. The summed E-state index contributed by atoms with van der Waals surface area (Å²) in [6, 6.07) is 1.29. The van der Waals surface area contributed by atoms with Gasteiger partial charge < -0.3 is 0 Å². The molecule has 3 N–H and O–H groups in total. The second-order valence-corrected chi connectivity index (χ2v) is 5.14. The fourth-order valence-electron chi connectivity index (χ4n) is 1.61. The molecular formula is C11H8BrF3N2S. The van der Waals surface area contributed by atoms with E-state index < -0.39 is 23.5 Å². The Morgan fingerprint density at radius 2 is 1.83 bits per heavy atom. The molecule has 0 aliphatic heterocycles. The zero-order valence-corrected chi connectivity index (χ0v) is 11.3. The lowest BCUT2D eigenvalue weighted by molar-refractivity contribution is 0.433. The van der Waals surface area contributed by atoms with Crippen LogP contribution in [0, 0.1) is 17.5 Å². The van der Waals surface area contributed by atoms with E-state index in [1.165, 1.54) is 17.4 Å². The molecule has 0 saturated heterocycles. The Hall–Kier alpha value is -0.890. The van der Waals surface area contributed by atoms with E-state index in [9.17, 15) is 13.2 Å². The Morgan fingerprint density at radius 1 is 1.11 bits per heavy atom. The van der Waals surface area contributed by atoms with Crippen LogP contribution in [0.15, 0.2) is 27.4 Å². The van der Waals surface area contributed by atoms with Crippen molar-refractivity contribution >= 4 is 27.3 Å². The van der Waals surface area contributed by atoms with Crippen LogP contribution >= 0.6 is 27.3 Å². The van der Waals surface area contributed by atoms with E-state index in [1.807, 2.05) is 0 Å². The van der Waals surface area contributed by atoms with Crippen molar-refractivity contribution in [2.75, 3.05) is 0 Å². The minimum absolute atomic E-state index is 0.0458. The van der Waals surface area contributed by atoms with Gasteiger partial charge in [0.05, 0.1) is 6.04 Å². The Morgan fingerprint density at radius 3 is 2.39 bits per heavy atom. The molecule has 0 fully saturated rings. The van der Waals surface area contributed by atoms with E-state index in [-0.39, 0.29) is 5.56 Å². The summed E-state index contributed by atoms with van der Waals surface area (Å²) in [7, 11) is 0. The number of hydrazine groups is 1. The number of nitrogens with two attached hydrogens (primary N) is 1. The summed E-state index contributed by atoms with van der Waals surface area (Å²) in [5.74, 6) is 1.41. The normalized spacial score (nSPS) is 12.7. The smallest absolute Gasteiger partial charge is 0.194 e. The number of benzene rings is 1. The SMILES string of the molecule is NNC(c1cscc1Br)c1ccc(F)c(F)c1F. The van der Waals surface area contributed by atoms with E-state index in [1.54, 1.807) is 10.8 Å². The van der Waals surface area contributed by atoms with Crippen LogP contribution in [0.3, 0.4) is 0 Å². The van der Waals surface area contributed by atoms with Crippen LogP contribution in [0.2, 0.25) is 0 Å². The number of rotatable bonds is 3. The first-order valence-electron chi connectivity index (χ1n) is 4.87. The highest BCUT2D eigenvalue weighted by molar-refractivity contribution is 9.10. The maximum Gasteiger partial charge on any atom is 0.194 e. The molecule has 0 amide bonds. The Balaban J connectivity index is 2.53. The predicted molar refractivity (Wildman–Crippen MR) is 67.5 cm³/mol. The van der Waals surface area contributed by atoms with Crippen molar-refractivity contribution in [2.45, 2.75) is 6.04 Å². The quantitative estimate of drug-likeness (QED) is 0.511. The van der Waals surface area contributed by atoms with Gasteiger partial charge in [-0.3, -0.25) is 5.84 Å². The molecule has 0 bridgehead atoms. The largest absolute Gasteiger partial charge is 0.271 e. The van der Waals surface area contributed by atoms with Gasteiger partial charge >= 0.3 is 0 Å². The van der Waals surface area contributed by atoms with E-state index in [2.05, 4.69) is 21.4 Å². The summed E-state index contributed by atoms with van der Waals surface area (Å²) in [5.41, 5.74) is 3.01. The molecule has 2 aromatic rings. The van der Waals surface area contributed by atoms with Gasteiger partial charge in [-0.05, 0) is 32.9 Å². The van der Waals surface area contributed by atoms with Gasteiger partial charge in [0.1, 0.15) is 0 Å². The molecule has 0 aliphatic carbocycles. The maximum atomic E-state index is 13.7. The van der Waals surface area contributed by atoms with Gasteiger partial charge in [-0.25, -0.2) is 18.6 Å². The van der Waals surface area contributed by atoms with Crippen molar-refractivity contribution in [1.82, 2.24) is 5.43 Å². The molecule has 0 saturated carbocycles. The van der Waals surface area contributed by atoms with Crippen LogP contribution in [0.4, 0.5) is 13.2 Å². The highest BCUT2D eigenvalue weighted by Crippen LogP contribution is 2.33. The Labute approximate surface area is 114 Å². The van der Waals surface area contributed by atoms with Crippen molar-refractivity contribution in [3.8, 4) is 0 Å². The summed E-state index contributed by atoms with van der Waals surface area (Å²) >= 11 is 4.67. The molecular weight excluding hydrogens is 329 g/mol. The first-order valence-corrected chi connectivity index (χ1v) is 6.61. The van der Waals surface area contributed by atoms with E-state index in [0.29, 0.717) is 5.56 Å². The van der Waals surface area contributed by atoms with Crippen LogP contribution < -0.4 is 11.3 Å². The first kappa shape index (κ1) is 13.5. The van der Waals surface area contributed by atoms with Crippen LogP contribution in [0.1, 0.15) is 17.2 Å². The molecule has 1 heterocycles. The average Bonchev–Trinajstić information content (AvgIpc) is 2.77. The molecule has 96 valence electrons. The lowest BCUT2D eigenvalue weighted by Gasteiger charge is -2.17. The number of halogens is 4. The zero-order valence-electron chi connectivity index (χ0n) is 8.88.